The van der Waals surface area contributed by atoms with Crippen molar-refractivity contribution in [2.24, 2.45) is 0 Å². The van der Waals surface area contributed by atoms with Crippen LogP contribution in [0.5, 0.6) is 0 Å². The fourth-order valence-corrected chi connectivity index (χ4v) is 2.99. The van der Waals surface area contributed by atoms with E-state index in [9.17, 15) is 9.90 Å². The van der Waals surface area contributed by atoms with Gasteiger partial charge in [-0.15, -0.1) is 5.10 Å². The van der Waals surface area contributed by atoms with Crippen molar-refractivity contribution in [1.29, 1.82) is 0 Å². The third-order valence-corrected chi connectivity index (χ3v) is 4.21. The van der Waals surface area contributed by atoms with Crippen molar-refractivity contribution in [3.05, 3.63) is 57.8 Å². The molecule has 0 amide bonds. The van der Waals surface area contributed by atoms with Crippen molar-refractivity contribution in [3.63, 3.8) is 0 Å². The van der Waals surface area contributed by atoms with Gasteiger partial charge in [-0.05, 0) is 46.3 Å². The Kier molecular flexibility index (Phi) is 4.74. The molecule has 1 aromatic heterocycles. The maximum absolute atomic E-state index is 11.5. The number of aromatic carboxylic acids is 1. The highest BCUT2D eigenvalue weighted by Gasteiger charge is 2.16. The largest absolute Gasteiger partial charge is 0.478 e. The average molecular weight is 377 g/mol. The van der Waals surface area contributed by atoms with Crippen LogP contribution in [-0.4, -0.2) is 31.3 Å². The summed E-state index contributed by atoms with van der Waals surface area (Å²) in [4.78, 5) is 11.5. The fraction of sp³-hybridized carbons (Fsp3) is 0.176. The number of rotatable bonds is 4. The van der Waals surface area contributed by atoms with Crippen molar-refractivity contribution in [3.8, 4) is 16.8 Å². The Morgan fingerprint density at radius 3 is 2.56 bits per heavy atom. The topological polar surface area (TPSA) is 80.9 Å². The van der Waals surface area contributed by atoms with Crippen LogP contribution in [0.1, 0.15) is 35.9 Å². The molecule has 0 saturated carbocycles. The van der Waals surface area contributed by atoms with Gasteiger partial charge in [-0.3, -0.25) is 0 Å². The summed E-state index contributed by atoms with van der Waals surface area (Å²) >= 11 is 12.2. The van der Waals surface area contributed by atoms with Crippen LogP contribution in [0, 0.1) is 0 Å². The lowest BCUT2D eigenvalue weighted by Crippen LogP contribution is -2.07. The first-order valence-corrected chi connectivity index (χ1v) is 8.25. The van der Waals surface area contributed by atoms with Crippen molar-refractivity contribution >= 4 is 29.2 Å². The summed E-state index contributed by atoms with van der Waals surface area (Å²) in [5.74, 6) is -0.339. The van der Waals surface area contributed by atoms with Gasteiger partial charge in [-0.2, -0.15) is 4.68 Å². The molecule has 6 nitrogen and oxygen atoms in total. The second-order valence-electron chi connectivity index (χ2n) is 5.80. The highest BCUT2D eigenvalue weighted by atomic mass is 35.5. The van der Waals surface area contributed by atoms with E-state index >= 15 is 0 Å². The predicted octanol–water partition coefficient (Wildman–Crippen LogP) is 4.46. The number of tetrazole rings is 1. The molecule has 0 aliphatic heterocycles. The lowest BCUT2D eigenvalue weighted by atomic mass is 10.0. The normalized spacial score (nSPS) is 11.1. The molecule has 0 bridgehead atoms. The number of hydrogen-bond acceptors (Lipinski definition) is 4. The first kappa shape index (κ1) is 17.4. The summed E-state index contributed by atoms with van der Waals surface area (Å²) in [6.45, 7) is 3.92. The Bertz CT molecular complexity index is 954. The monoisotopic (exact) mass is 376 g/mol. The molecule has 0 saturated heterocycles. The van der Waals surface area contributed by atoms with E-state index in [2.05, 4.69) is 15.5 Å². The first-order chi connectivity index (χ1) is 11.9. The van der Waals surface area contributed by atoms with Gasteiger partial charge in [-0.1, -0.05) is 43.1 Å². The molecule has 128 valence electrons. The first-order valence-electron chi connectivity index (χ1n) is 7.49. The summed E-state index contributed by atoms with van der Waals surface area (Å²) in [5.41, 5.74) is 1.98. The van der Waals surface area contributed by atoms with Gasteiger partial charge in [0.05, 0.1) is 11.3 Å². The van der Waals surface area contributed by atoms with E-state index in [1.165, 1.54) is 10.7 Å². The van der Waals surface area contributed by atoms with E-state index in [1.807, 2.05) is 13.8 Å². The van der Waals surface area contributed by atoms with Crippen molar-refractivity contribution in [2.45, 2.75) is 19.8 Å². The van der Waals surface area contributed by atoms with Gasteiger partial charge in [0.1, 0.15) is 0 Å². The molecule has 3 aromatic rings. The van der Waals surface area contributed by atoms with Gasteiger partial charge in [0.25, 0.3) is 0 Å². The number of halogens is 2. The van der Waals surface area contributed by atoms with Crippen LogP contribution < -0.4 is 0 Å². The number of benzene rings is 2. The van der Waals surface area contributed by atoms with Crippen LogP contribution in [0.4, 0.5) is 0 Å². The smallest absolute Gasteiger partial charge is 0.335 e. The number of nitrogens with zero attached hydrogens (tertiary/aromatic N) is 4. The molecular formula is C17H14Cl2N4O2. The minimum absolute atomic E-state index is 0.0751. The summed E-state index contributed by atoms with van der Waals surface area (Å²) in [7, 11) is 0. The van der Waals surface area contributed by atoms with Crippen LogP contribution in [0.25, 0.3) is 16.8 Å². The highest BCUT2D eigenvalue weighted by Crippen LogP contribution is 2.32. The predicted molar refractivity (Wildman–Crippen MR) is 95.7 cm³/mol. The van der Waals surface area contributed by atoms with Crippen LogP contribution in [-0.2, 0) is 0 Å². The maximum atomic E-state index is 11.5. The zero-order valence-corrected chi connectivity index (χ0v) is 15.0. The van der Waals surface area contributed by atoms with E-state index in [4.69, 9.17) is 23.2 Å². The zero-order chi connectivity index (χ0) is 18.1. The van der Waals surface area contributed by atoms with E-state index in [0.29, 0.717) is 32.7 Å². The van der Waals surface area contributed by atoms with E-state index in [-0.39, 0.29) is 11.5 Å². The number of hydrogen-bond donors (Lipinski definition) is 1. The van der Waals surface area contributed by atoms with Gasteiger partial charge < -0.3 is 5.11 Å². The summed E-state index contributed by atoms with van der Waals surface area (Å²) in [5, 5.41) is 22.1. The molecule has 0 radical (unpaired) electrons. The molecular weight excluding hydrogens is 363 g/mol. The van der Waals surface area contributed by atoms with Crippen molar-refractivity contribution in [2.75, 3.05) is 0 Å². The van der Waals surface area contributed by atoms with Crippen molar-refractivity contribution in [1.82, 2.24) is 20.2 Å². The average Bonchev–Trinajstić information content (AvgIpc) is 3.04. The zero-order valence-electron chi connectivity index (χ0n) is 13.4. The summed E-state index contributed by atoms with van der Waals surface area (Å²) in [6, 6.07) is 9.94. The number of carboxylic acid groups (broad SMARTS) is 1. The molecule has 0 unspecified atom stereocenters. The molecule has 0 atom stereocenters. The summed E-state index contributed by atoms with van der Waals surface area (Å²) < 4.78 is 1.53. The van der Waals surface area contributed by atoms with Gasteiger partial charge in [0.15, 0.2) is 5.82 Å². The number of carbonyl (C=O) groups is 1. The minimum Gasteiger partial charge on any atom is -0.478 e. The Balaban J connectivity index is 2.22. The Labute approximate surface area is 154 Å². The molecule has 1 heterocycles. The third kappa shape index (κ3) is 3.50. The van der Waals surface area contributed by atoms with E-state index in [0.717, 1.165) is 0 Å². The molecule has 1 N–H and O–H groups in total. The molecule has 3 rings (SSSR count). The molecule has 0 aliphatic carbocycles. The second-order valence-corrected chi connectivity index (χ2v) is 6.65. The van der Waals surface area contributed by atoms with Gasteiger partial charge in [0.2, 0.25) is 0 Å². The molecule has 25 heavy (non-hydrogen) atoms. The number of carboxylic acids is 1. The summed E-state index contributed by atoms with van der Waals surface area (Å²) in [6.07, 6.45) is 0. The Hall–Kier alpha value is -2.44. The van der Waals surface area contributed by atoms with Crippen LogP contribution >= 0.6 is 23.2 Å². The second kappa shape index (κ2) is 6.82. The molecule has 0 aliphatic rings. The Morgan fingerprint density at radius 2 is 1.92 bits per heavy atom. The molecule has 0 spiro atoms. The van der Waals surface area contributed by atoms with Crippen LogP contribution in [0.3, 0.4) is 0 Å². The van der Waals surface area contributed by atoms with Crippen molar-refractivity contribution < 1.29 is 9.90 Å². The quantitative estimate of drug-likeness (QED) is 0.726. The maximum Gasteiger partial charge on any atom is 0.335 e. The highest BCUT2D eigenvalue weighted by molar-refractivity contribution is 6.36. The van der Waals surface area contributed by atoms with Gasteiger partial charge in [0, 0.05) is 21.5 Å². The molecule has 0 fully saturated rings. The third-order valence-electron chi connectivity index (χ3n) is 3.66. The van der Waals surface area contributed by atoms with Crippen LogP contribution in [0.15, 0.2) is 36.4 Å². The molecule has 2 aromatic carbocycles. The SMILES string of the molecule is CC(C)c1nnnn1-c1cc(C(=O)O)cc(-c2ccc(Cl)cc2Cl)c1. The lowest BCUT2D eigenvalue weighted by Gasteiger charge is -2.12. The number of aromatic nitrogens is 4. The minimum atomic E-state index is -1.05. The standard InChI is InChI=1S/C17H14Cl2N4O2/c1-9(2)16-20-21-22-23(16)13-6-10(5-11(7-13)17(24)25)14-4-3-12(18)8-15(14)19/h3-9H,1-2H3,(H,24,25). The molecule has 8 heteroatoms. The van der Waals surface area contributed by atoms with E-state index < -0.39 is 5.97 Å². The van der Waals surface area contributed by atoms with Gasteiger partial charge in [-0.25, -0.2) is 4.79 Å². The van der Waals surface area contributed by atoms with Gasteiger partial charge >= 0.3 is 5.97 Å². The Morgan fingerprint density at radius 1 is 1.16 bits per heavy atom. The van der Waals surface area contributed by atoms with Crippen LogP contribution in [0.2, 0.25) is 10.0 Å². The fourth-order valence-electron chi connectivity index (χ4n) is 2.47. The van der Waals surface area contributed by atoms with E-state index in [1.54, 1.807) is 30.3 Å². The lowest BCUT2D eigenvalue weighted by molar-refractivity contribution is 0.0697.